The van der Waals surface area contributed by atoms with E-state index in [1.165, 1.54) is 27.8 Å². The van der Waals surface area contributed by atoms with Crippen LogP contribution in [0.1, 0.15) is 59.3 Å². The number of hydrogen-bond donors (Lipinski definition) is 0. The average Bonchev–Trinajstić information content (AvgIpc) is 2.72. The van der Waals surface area contributed by atoms with Crippen LogP contribution in [0.15, 0.2) is 12.2 Å². The minimum atomic E-state index is -1.26. The third-order valence-corrected chi connectivity index (χ3v) is 7.68. The zero-order valence-electron chi connectivity index (χ0n) is 19.8. The Bertz CT molecular complexity index is 698. The quantitative estimate of drug-likeness (QED) is 0.324. The van der Waals surface area contributed by atoms with Gasteiger partial charge in [0.25, 0.3) is 0 Å². The molecule has 0 heterocycles. The average molecular weight is 439 g/mol. The van der Waals surface area contributed by atoms with E-state index in [0.717, 1.165) is 31.3 Å². The second kappa shape index (κ2) is 10.2. The smallest absolute Gasteiger partial charge is 0.335 e. The Morgan fingerprint density at radius 2 is 1.68 bits per heavy atom. The lowest BCUT2D eigenvalue weighted by molar-refractivity contribution is -0.174. The Hall–Kier alpha value is -1.89. The van der Waals surface area contributed by atoms with E-state index in [2.05, 4.69) is 27.4 Å². The van der Waals surface area contributed by atoms with Crippen molar-refractivity contribution in [1.82, 2.24) is 0 Å². The molecular formula is C24H38O7. The molecule has 0 aromatic rings. The number of fused-ring (bicyclic) bond motifs is 1. The van der Waals surface area contributed by atoms with Gasteiger partial charge in [0.2, 0.25) is 0 Å². The van der Waals surface area contributed by atoms with Crippen molar-refractivity contribution in [2.45, 2.75) is 65.4 Å². The van der Waals surface area contributed by atoms with Crippen molar-refractivity contribution in [3.05, 3.63) is 12.2 Å². The van der Waals surface area contributed by atoms with Crippen LogP contribution in [0, 0.1) is 28.6 Å². The van der Waals surface area contributed by atoms with Gasteiger partial charge < -0.3 is 18.9 Å². The molecular weight excluding hydrogens is 400 g/mol. The topological polar surface area (TPSA) is 88.1 Å². The van der Waals surface area contributed by atoms with E-state index in [4.69, 9.17) is 18.9 Å². The lowest BCUT2D eigenvalue weighted by Crippen LogP contribution is -2.51. The fourth-order valence-electron chi connectivity index (χ4n) is 5.97. The zero-order chi connectivity index (χ0) is 23.4. The molecule has 2 aliphatic carbocycles. The summed E-state index contributed by atoms with van der Waals surface area (Å²) in [7, 11) is 3.66. The molecule has 0 spiro atoms. The summed E-state index contributed by atoms with van der Waals surface area (Å²) in [5.41, 5.74) is 1.34. The fourth-order valence-corrected chi connectivity index (χ4v) is 5.97. The molecule has 7 nitrogen and oxygen atoms in total. The van der Waals surface area contributed by atoms with Crippen LogP contribution in [0.25, 0.3) is 0 Å². The lowest BCUT2D eigenvalue weighted by Gasteiger charge is -2.58. The largest absolute Gasteiger partial charge is 0.469 e. The normalized spacial score (nSPS) is 29.3. The van der Waals surface area contributed by atoms with Crippen LogP contribution >= 0.6 is 0 Å². The number of rotatable bonds is 8. The molecule has 2 saturated carbocycles. The highest BCUT2D eigenvalue weighted by atomic mass is 16.6. The van der Waals surface area contributed by atoms with Crippen molar-refractivity contribution in [2.75, 3.05) is 27.9 Å². The first-order valence-electron chi connectivity index (χ1n) is 11.0. The van der Waals surface area contributed by atoms with Gasteiger partial charge in [-0.25, -0.2) is 4.79 Å². The van der Waals surface area contributed by atoms with Crippen molar-refractivity contribution < 1.29 is 33.3 Å². The first-order valence-corrected chi connectivity index (χ1v) is 11.0. The van der Waals surface area contributed by atoms with E-state index >= 15 is 0 Å². The van der Waals surface area contributed by atoms with E-state index in [9.17, 15) is 14.4 Å². The Balaban J connectivity index is 2.28. The predicted molar refractivity (Wildman–Crippen MR) is 115 cm³/mol. The number of carbonyl (C=O) groups excluding carboxylic acids is 3. The van der Waals surface area contributed by atoms with Gasteiger partial charge in [-0.2, -0.15) is 0 Å². The van der Waals surface area contributed by atoms with Crippen LogP contribution in [0.3, 0.4) is 0 Å². The third kappa shape index (κ3) is 5.30. The van der Waals surface area contributed by atoms with Gasteiger partial charge in [0.1, 0.15) is 5.92 Å². The molecule has 2 fully saturated rings. The maximum atomic E-state index is 12.5. The van der Waals surface area contributed by atoms with Gasteiger partial charge in [-0.15, -0.1) is 0 Å². The molecule has 0 unspecified atom stereocenters. The van der Waals surface area contributed by atoms with E-state index < -0.39 is 29.9 Å². The summed E-state index contributed by atoms with van der Waals surface area (Å²) < 4.78 is 20.5. The fraction of sp³-hybridized carbons (Fsp3) is 0.792. The van der Waals surface area contributed by atoms with Crippen LogP contribution in [0.5, 0.6) is 0 Å². The van der Waals surface area contributed by atoms with Gasteiger partial charge in [-0.3, -0.25) is 9.59 Å². The molecule has 0 radical (unpaired) electrons. The highest BCUT2D eigenvalue weighted by Crippen LogP contribution is 2.60. The van der Waals surface area contributed by atoms with E-state index in [0.29, 0.717) is 5.92 Å². The highest BCUT2D eigenvalue weighted by Gasteiger charge is 2.53. The number of hydrogen-bond acceptors (Lipinski definition) is 7. The molecule has 31 heavy (non-hydrogen) atoms. The molecule has 0 bridgehead atoms. The predicted octanol–water partition coefficient (Wildman–Crippen LogP) is 3.70. The standard InChI is InChI=1S/C24H38O7/c1-15-9-10-18-23(2,3)11-8-12-24(18,4)17(15)14-31-20(22(27)30-7)16(21(26)29-6)13-19(25)28-5/h16-18,20H,1,8-14H2,2-7H3/t16-,17-,18-,20-,24+/m0/s1. The van der Waals surface area contributed by atoms with Gasteiger partial charge in [0.15, 0.2) is 6.10 Å². The minimum absolute atomic E-state index is 0.000857. The van der Waals surface area contributed by atoms with Crippen molar-refractivity contribution in [2.24, 2.45) is 28.6 Å². The van der Waals surface area contributed by atoms with Crippen molar-refractivity contribution in [3.8, 4) is 0 Å². The second-order valence-electron chi connectivity index (χ2n) is 9.84. The Kier molecular flexibility index (Phi) is 8.31. The van der Waals surface area contributed by atoms with Gasteiger partial charge in [-0.05, 0) is 42.4 Å². The first kappa shape index (κ1) is 25.4. The molecule has 2 rings (SSSR count). The summed E-state index contributed by atoms with van der Waals surface area (Å²) in [5, 5.41) is 0. The van der Waals surface area contributed by atoms with Crippen molar-refractivity contribution >= 4 is 17.9 Å². The Labute approximate surface area is 185 Å². The molecule has 0 aliphatic heterocycles. The molecule has 7 heteroatoms. The van der Waals surface area contributed by atoms with Gasteiger partial charge in [0.05, 0.1) is 34.4 Å². The Morgan fingerprint density at radius 3 is 2.26 bits per heavy atom. The SMILES string of the molecule is C=C1CC[C@H]2C(C)(C)CCC[C@]2(C)[C@H]1CO[C@H](C(=O)OC)[C@H](CC(=O)OC)C(=O)OC. The molecule has 0 saturated heterocycles. The monoisotopic (exact) mass is 438 g/mol. The van der Waals surface area contributed by atoms with Crippen LogP contribution < -0.4 is 0 Å². The van der Waals surface area contributed by atoms with Crippen molar-refractivity contribution in [1.29, 1.82) is 0 Å². The highest BCUT2D eigenvalue weighted by molar-refractivity contribution is 5.87. The van der Waals surface area contributed by atoms with Gasteiger partial charge in [-0.1, -0.05) is 39.3 Å². The van der Waals surface area contributed by atoms with E-state index in [-0.39, 0.29) is 29.8 Å². The summed E-state index contributed by atoms with van der Waals surface area (Å²) in [6.45, 7) is 11.5. The summed E-state index contributed by atoms with van der Waals surface area (Å²) in [4.78, 5) is 36.8. The molecule has 0 amide bonds. The number of methoxy groups -OCH3 is 3. The summed E-state index contributed by atoms with van der Waals surface area (Å²) >= 11 is 0. The molecule has 0 aromatic carbocycles. The van der Waals surface area contributed by atoms with Crippen LogP contribution in [0.2, 0.25) is 0 Å². The summed E-state index contributed by atoms with van der Waals surface area (Å²) in [6.07, 6.45) is 3.83. The number of carbonyl (C=O) groups is 3. The molecule has 0 aromatic heterocycles. The van der Waals surface area contributed by atoms with Crippen LogP contribution in [-0.2, 0) is 33.3 Å². The zero-order valence-corrected chi connectivity index (χ0v) is 19.8. The van der Waals surface area contributed by atoms with Crippen LogP contribution in [-0.4, -0.2) is 51.9 Å². The first-order chi connectivity index (χ1) is 14.5. The van der Waals surface area contributed by atoms with E-state index in [1.807, 2.05) is 0 Å². The van der Waals surface area contributed by atoms with Gasteiger partial charge in [0, 0.05) is 5.92 Å². The van der Waals surface area contributed by atoms with E-state index in [1.54, 1.807) is 0 Å². The lowest BCUT2D eigenvalue weighted by atomic mass is 9.48. The maximum Gasteiger partial charge on any atom is 0.335 e. The molecule has 0 N–H and O–H groups in total. The summed E-state index contributed by atoms with van der Waals surface area (Å²) in [5.74, 6) is -2.63. The number of esters is 3. The third-order valence-electron chi connectivity index (χ3n) is 7.68. The van der Waals surface area contributed by atoms with Gasteiger partial charge >= 0.3 is 17.9 Å². The van der Waals surface area contributed by atoms with Crippen molar-refractivity contribution in [3.63, 3.8) is 0 Å². The molecule has 176 valence electrons. The Morgan fingerprint density at radius 1 is 1.03 bits per heavy atom. The summed E-state index contributed by atoms with van der Waals surface area (Å²) in [6, 6.07) is 0. The molecule has 5 atom stereocenters. The molecule has 2 aliphatic rings. The number of ether oxygens (including phenoxy) is 4. The second-order valence-corrected chi connectivity index (χ2v) is 9.84. The minimum Gasteiger partial charge on any atom is -0.469 e. The maximum absolute atomic E-state index is 12.5. The van der Waals surface area contributed by atoms with Crippen LogP contribution in [0.4, 0.5) is 0 Å².